The number of Topliss-reactive ketones (excluding diaryl/α,β-unsaturated/α-hetero) is 1. The van der Waals surface area contributed by atoms with Crippen LogP contribution in [0.3, 0.4) is 0 Å². The van der Waals surface area contributed by atoms with E-state index in [2.05, 4.69) is 11.9 Å². The van der Waals surface area contributed by atoms with Crippen LogP contribution in [0, 0.1) is 11.8 Å². The van der Waals surface area contributed by atoms with Crippen LogP contribution in [0.5, 0.6) is 0 Å². The van der Waals surface area contributed by atoms with Gasteiger partial charge in [-0.2, -0.15) is 0 Å². The molecule has 1 aliphatic rings. The fourth-order valence-corrected chi connectivity index (χ4v) is 1.94. The number of amides is 1. The Morgan fingerprint density at radius 1 is 1.47 bits per heavy atom. The number of carbonyl (C=O) groups excluding carboxylic acids is 2. The maximum absolute atomic E-state index is 11.9. The van der Waals surface area contributed by atoms with Gasteiger partial charge in [0.2, 0.25) is 0 Å². The lowest BCUT2D eigenvalue weighted by Crippen LogP contribution is -2.37. The van der Waals surface area contributed by atoms with Gasteiger partial charge in [-0.05, 0) is 18.4 Å². The molecular formula is C14H23NO4. The van der Waals surface area contributed by atoms with E-state index in [1.807, 2.05) is 13.8 Å². The summed E-state index contributed by atoms with van der Waals surface area (Å²) < 4.78 is 10.3. The summed E-state index contributed by atoms with van der Waals surface area (Å²) in [7, 11) is 0. The lowest BCUT2D eigenvalue weighted by atomic mass is 9.88. The van der Waals surface area contributed by atoms with Gasteiger partial charge in [0, 0.05) is 18.9 Å². The number of ether oxygens (including phenoxy) is 2. The first kappa shape index (κ1) is 15.7. The number of hydrogen-bond donors (Lipinski definition) is 1. The van der Waals surface area contributed by atoms with E-state index in [0.29, 0.717) is 18.8 Å². The molecular weight excluding hydrogens is 246 g/mol. The van der Waals surface area contributed by atoms with Crippen LogP contribution in [0.1, 0.15) is 27.2 Å². The SMILES string of the molecule is C=C(C)C(=O)C(CNC(=O)OC1CCOC1)C(C)C. The molecule has 5 heteroatoms. The fraction of sp³-hybridized carbons (Fsp3) is 0.714. The highest BCUT2D eigenvalue weighted by Gasteiger charge is 2.25. The average Bonchev–Trinajstić information content (AvgIpc) is 2.81. The predicted molar refractivity (Wildman–Crippen MR) is 71.9 cm³/mol. The molecule has 1 aliphatic heterocycles. The Morgan fingerprint density at radius 3 is 2.63 bits per heavy atom. The standard InChI is InChI=1S/C14H23NO4/c1-9(2)12(13(16)10(3)4)7-15-14(17)19-11-5-6-18-8-11/h9,11-12H,3,5-8H2,1-2,4H3,(H,15,17). The summed E-state index contributed by atoms with van der Waals surface area (Å²) in [5.41, 5.74) is 0.512. The lowest BCUT2D eigenvalue weighted by molar-refractivity contribution is -0.120. The van der Waals surface area contributed by atoms with Crippen molar-refractivity contribution in [3.8, 4) is 0 Å². The van der Waals surface area contributed by atoms with Crippen molar-refractivity contribution in [3.63, 3.8) is 0 Å². The number of hydrogen-bond acceptors (Lipinski definition) is 4. The highest BCUT2D eigenvalue weighted by Crippen LogP contribution is 2.15. The predicted octanol–water partition coefficient (Wildman–Crippen LogP) is 1.92. The van der Waals surface area contributed by atoms with Crippen LogP contribution in [0.4, 0.5) is 4.79 Å². The summed E-state index contributed by atoms with van der Waals surface area (Å²) in [5.74, 6) is -0.135. The van der Waals surface area contributed by atoms with Crippen LogP contribution in [-0.2, 0) is 14.3 Å². The molecule has 1 heterocycles. The first-order valence-electron chi connectivity index (χ1n) is 6.63. The zero-order chi connectivity index (χ0) is 14.4. The topological polar surface area (TPSA) is 64.6 Å². The number of nitrogens with one attached hydrogen (secondary N) is 1. The molecule has 108 valence electrons. The number of ketones is 1. The molecule has 1 N–H and O–H groups in total. The highest BCUT2D eigenvalue weighted by molar-refractivity contribution is 5.96. The van der Waals surface area contributed by atoms with E-state index < -0.39 is 6.09 Å². The van der Waals surface area contributed by atoms with Gasteiger partial charge in [0.25, 0.3) is 0 Å². The first-order valence-corrected chi connectivity index (χ1v) is 6.63. The van der Waals surface area contributed by atoms with Gasteiger partial charge in [-0.25, -0.2) is 4.79 Å². The maximum Gasteiger partial charge on any atom is 0.407 e. The molecule has 0 radical (unpaired) electrons. The first-order chi connectivity index (χ1) is 8.91. The smallest absolute Gasteiger partial charge is 0.407 e. The van der Waals surface area contributed by atoms with Crippen molar-refractivity contribution in [2.75, 3.05) is 19.8 Å². The molecule has 0 aromatic carbocycles. The van der Waals surface area contributed by atoms with Gasteiger partial charge in [0.05, 0.1) is 13.2 Å². The number of allylic oxidation sites excluding steroid dienone is 1. The molecule has 0 aromatic heterocycles. The van der Waals surface area contributed by atoms with Gasteiger partial charge >= 0.3 is 6.09 Å². The summed E-state index contributed by atoms with van der Waals surface area (Å²) in [4.78, 5) is 23.5. The Kier molecular flexibility index (Phi) is 6.02. The Hall–Kier alpha value is -1.36. The fourth-order valence-electron chi connectivity index (χ4n) is 1.94. The minimum atomic E-state index is -0.490. The molecule has 2 unspecified atom stereocenters. The quantitative estimate of drug-likeness (QED) is 0.748. The summed E-state index contributed by atoms with van der Waals surface area (Å²) in [6, 6.07) is 0. The van der Waals surface area contributed by atoms with Crippen molar-refractivity contribution in [2.24, 2.45) is 11.8 Å². The number of alkyl carbamates (subject to hydrolysis) is 1. The van der Waals surface area contributed by atoms with E-state index >= 15 is 0 Å². The summed E-state index contributed by atoms with van der Waals surface area (Å²) in [5, 5.41) is 2.65. The van der Waals surface area contributed by atoms with Crippen LogP contribution in [0.15, 0.2) is 12.2 Å². The molecule has 19 heavy (non-hydrogen) atoms. The Labute approximate surface area is 114 Å². The molecule has 1 rings (SSSR count). The normalized spacial score (nSPS) is 20.1. The van der Waals surface area contributed by atoms with E-state index in [9.17, 15) is 9.59 Å². The third-order valence-corrected chi connectivity index (χ3v) is 3.19. The van der Waals surface area contributed by atoms with Crippen molar-refractivity contribution >= 4 is 11.9 Å². The second-order valence-corrected chi connectivity index (χ2v) is 5.27. The highest BCUT2D eigenvalue weighted by atomic mass is 16.6. The molecule has 0 bridgehead atoms. The van der Waals surface area contributed by atoms with E-state index in [0.717, 1.165) is 6.42 Å². The average molecular weight is 269 g/mol. The zero-order valence-electron chi connectivity index (χ0n) is 11.9. The molecule has 0 aromatic rings. The molecule has 0 saturated carbocycles. The van der Waals surface area contributed by atoms with Crippen molar-refractivity contribution in [1.82, 2.24) is 5.32 Å². The Morgan fingerprint density at radius 2 is 2.16 bits per heavy atom. The molecule has 0 aliphatic carbocycles. The van der Waals surface area contributed by atoms with E-state index in [1.165, 1.54) is 0 Å². The summed E-state index contributed by atoms with van der Waals surface area (Å²) >= 11 is 0. The molecule has 2 atom stereocenters. The van der Waals surface area contributed by atoms with Crippen LogP contribution < -0.4 is 5.32 Å². The van der Waals surface area contributed by atoms with E-state index in [4.69, 9.17) is 9.47 Å². The maximum atomic E-state index is 11.9. The zero-order valence-corrected chi connectivity index (χ0v) is 11.9. The molecule has 1 fully saturated rings. The molecule has 1 amide bonds. The Bertz CT molecular complexity index is 345. The Balaban J connectivity index is 2.40. The van der Waals surface area contributed by atoms with Gasteiger partial charge in [-0.15, -0.1) is 0 Å². The van der Waals surface area contributed by atoms with E-state index in [1.54, 1.807) is 6.92 Å². The van der Waals surface area contributed by atoms with Crippen LogP contribution in [-0.4, -0.2) is 37.7 Å². The van der Waals surface area contributed by atoms with Gasteiger partial charge in [-0.3, -0.25) is 4.79 Å². The minimum Gasteiger partial charge on any atom is -0.444 e. The molecule has 1 saturated heterocycles. The van der Waals surface area contributed by atoms with Gasteiger partial charge < -0.3 is 14.8 Å². The number of rotatable bonds is 6. The van der Waals surface area contributed by atoms with Gasteiger partial charge in [0.15, 0.2) is 5.78 Å². The molecule has 5 nitrogen and oxygen atoms in total. The third-order valence-electron chi connectivity index (χ3n) is 3.19. The molecule has 0 spiro atoms. The number of carbonyl (C=O) groups is 2. The van der Waals surface area contributed by atoms with Crippen molar-refractivity contribution < 1.29 is 19.1 Å². The monoisotopic (exact) mass is 269 g/mol. The van der Waals surface area contributed by atoms with Crippen LogP contribution in [0.25, 0.3) is 0 Å². The van der Waals surface area contributed by atoms with Crippen molar-refractivity contribution in [3.05, 3.63) is 12.2 Å². The third kappa shape index (κ3) is 5.03. The largest absolute Gasteiger partial charge is 0.444 e. The minimum absolute atomic E-state index is 0.0144. The van der Waals surface area contributed by atoms with Gasteiger partial charge in [0.1, 0.15) is 6.10 Å². The van der Waals surface area contributed by atoms with Gasteiger partial charge in [-0.1, -0.05) is 20.4 Å². The van der Waals surface area contributed by atoms with Crippen molar-refractivity contribution in [2.45, 2.75) is 33.3 Å². The van der Waals surface area contributed by atoms with Crippen LogP contribution in [0.2, 0.25) is 0 Å². The second kappa shape index (κ2) is 7.28. The van der Waals surface area contributed by atoms with E-state index in [-0.39, 0.29) is 30.3 Å². The van der Waals surface area contributed by atoms with Crippen LogP contribution >= 0.6 is 0 Å². The van der Waals surface area contributed by atoms with Crippen molar-refractivity contribution in [1.29, 1.82) is 0 Å². The lowest BCUT2D eigenvalue weighted by Gasteiger charge is -2.20. The summed E-state index contributed by atoms with van der Waals surface area (Å²) in [6.45, 7) is 10.6. The second-order valence-electron chi connectivity index (χ2n) is 5.27. The summed E-state index contributed by atoms with van der Waals surface area (Å²) in [6.07, 6.45) is 0.0659.